The fourth-order valence-corrected chi connectivity index (χ4v) is 6.28. The molecule has 0 amide bonds. The van der Waals surface area contributed by atoms with Gasteiger partial charge in [-0.15, -0.1) is 5.75 Å². The summed E-state index contributed by atoms with van der Waals surface area (Å²) in [5.41, 5.74) is 0. The van der Waals surface area contributed by atoms with Crippen LogP contribution in [0.1, 0.15) is 179 Å². The second-order valence-corrected chi connectivity index (χ2v) is 24.7. The number of aromatic hydroxyl groups is 6. The third kappa shape index (κ3) is 122. The van der Waals surface area contributed by atoms with Crippen molar-refractivity contribution in [3.8, 4) is 63.2 Å². The fourth-order valence-electron chi connectivity index (χ4n) is 6.28. The summed E-state index contributed by atoms with van der Waals surface area (Å²) in [7, 11) is 0. The van der Waals surface area contributed by atoms with Gasteiger partial charge in [-0.2, -0.15) is 0 Å². The van der Waals surface area contributed by atoms with Crippen molar-refractivity contribution in [1.29, 1.82) is 0 Å². The van der Waals surface area contributed by atoms with E-state index in [2.05, 4.69) is 62.3 Å². The van der Waals surface area contributed by atoms with E-state index in [-0.39, 0.29) is 66.2 Å². The number of epoxide rings is 3. The smallest absolute Gasteiger partial charge is 0.872 e. The average molecular weight is 1760 g/mol. The molecule has 3 saturated heterocycles. The maximum absolute atomic E-state index is 10.3. The molecule has 3 aliphatic rings. The second kappa shape index (κ2) is 111. The van der Waals surface area contributed by atoms with Crippen molar-refractivity contribution in [1.82, 2.24) is 0 Å². The van der Waals surface area contributed by atoms with Gasteiger partial charge in [0.2, 0.25) is 0 Å². The molecule has 0 aromatic heterocycles. The first-order valence-electron chi connectivity index (χ1n) is 43.3. The molecule has 3 aliphatic heterocycles. The van der Waals surface area contributed by atoms with Crippen molar-refractivity contribution >= 4 is 0 Å². The molecule has 11 N–H and O–H groups in total. The van der Waals surface area contributed by atoms with Gasteiger partial charge in [0.25, 0.3) is 0 Å². The molecule has 7 unspecified atom stereocenters. The number of phenolic OH excluding ortho intramolecular Hbond substituents is 6. The molecule has 126 heavy (non-hydrogen) atoms. The number of benzene rings is 11. The minimum atomic E-state index is -0.407. The van der Waals surface area contributed by atoms with Crippen molar-refractivity contribution in [2.45, 2.75) is 221 Å². The Kier molecular flexibility index (Phi) is 120. The maximum atomic E-state index is 10.3. The molecule has 702 valence electrons. The van der Waals surface area contributed by atoms with Crippen LogP contribution in [0.25, 0.3) is 0 Å². The van der Waals surface area contributed by atoms with Crippen molar-refractivity contribution < 1.29 is 124 Å². The van der Waals surface area contributed by atoms with E-state index in [4.69, 9.17) is 84.2 Å². The Bertz CT molecular complexity index is 3140. The Labute approximate surface area is 783 Å². The third-order valence-electron chi connectivity index (χ3n) is 11.9. The topological polar surface area (TPSA) is 330 Å². The molecule has 11 aromatic carbocycles. The average Bonchev–Trinajstić information content (AvgIpc) is 1.53. The molecule has 0 aliphatic carbocycles. The van der Waals surface area contributed by atoms with Crippen molar-refractivity contribution in [3.63, 3.8) is 0 Å². The van der Waals surface area contributed by atoms with Crippen molar-refractivity contribution in [3.05, 3.63) is 334 Å². The van der Waals surface area contributed by atoms with Crippen LogP contribution in [0.2, 0.25) is 0 Å². The second-order valence-electron chi connectivity index (χ2n) is 24.7. The van der Waals surface area contributed by atoms with Gasteiger partial charge in [0.15, 0.2) is 0 Å². The Morgan fingerprint density at radius 3 is 0.508 bits per heavy atom. The van der Waals surface area contributed by atoms with E-state index < -0.39 is 12.2 Å². The molecular formula is C106H162NaO19-. The standard InChI is InChI=1S/4C9H12O2.7C6H6O.3C3H6O.3C3H8.5C2H6.Na.H2O/c2*1-8(10)7-11-9-5-3-2-4-6-9;2*1-8(7-10)11-9-5-3-2-4-6-9;7*7-6-4-2-1-3-5-6;3*1-3-2-4-3;3*1-3-2;5*1-2;;/h4*2-6,8,10H,7H2,1H3;7*1-5,7H;3*3H,2H2,1H3;3*3H2,1-2H3;5*1-2H3;;1H2/q;;;;;;;;;;;;;;;;;;;;;;+1;/p-2. The van der Waals surface area contributed by atoms with Crippen LogP contribution in [0.5, 0.6) is 63.2 Å². The third-order valence-corrected chi connectivity index (χ3v) is 11.9. The zero-order valence-corrected chi connectivity index (χ0v) is 82.6. The van der Waals surface area contributed by atoms with Crippen LogP contribution >= 0.6 is 0 Å². The number of hydrogen-bond acceptors (Lipinski definition) is 19. The largest absolute Gasteiger partial charge is 1.00 e. The van der Waals surface area contributed by atoms with Crippen LogP contribution in [-0.4, -0.2) is 146 Å². The van der Waals surface area contributed by atoms with E-state index in [1.807, 2.05) is 247 Å². The summed E-state index contributed by atoms with van der Waals surface area (Å²) < 4.78 is 35.2. The fraction of sp³-hybridized carbons (Fsp3) is 0.377. The zero-order chi connectivity index (χ0) is 95.3. The quantitative estimate of drug-likeness (QED) is 0.0401. The molecule has 0 saturated carbocycles. The van der Waals surface area contributed by atoms with Crippen LogP contribution in [-0.2, 0) is 14.2 Å². The molecule has 3 fully saturated rings. The Balaban J connectivity index is -0.000000142. The molecule has 0 spiro atoms. The van der Waals surface area contributed by atoms with E-state index in [0.29, 0.717) is 66.0 Å². The van der Waals surface area contributed by atoms with E-state index in [1.165, 1.54) is 31.4 Å². The van der Waals surface area contributed by atoms with Gasteiger partial charge in [0.05, 0.1) is 63.6 Å². The number of aliphatic hydroxyl groups is 4. The van der Waals surface area contributed by atoms with E-state index in [9.17, 15) is 5.11 Å². The molecule has 19 nitrogen and oxygen atoms in total. The normalized spacial score (nSPS) is 12.2. The summed E-state index contributed by atoms with van der Waals surface area (Å²) in [6.07, 6.45) is 4.43. The summed E-state index contributed by atoms with van der Waals surface area (Å²) in [5.74, 6) is 5.20. The van der Waals surface area contributed by atoms with Crippen LogP contribution < -0.4 is 53.6 Å². The molecule has 14 rings (SSSR count). The van der Waals surface area contributed by atoms with E-state index in [0.717, 1.165) is 42.8 Å². The first kappa shape index (κ1) is 136. The summed E-state index contributed by atoms with van der Waals surface area (Å²) >= 11 is 0. The van der Waals surface area contributed by atoms with Gasteiger partial charge in [-0.25, -0.2) is 0 Å². The van der Waals surface area contributed by atoms with Gasteiger partial charge in [-0.1, -0.05) is 342 Å². The van der Waals surface area contributed by atoms with Gasteiger partial charge >= 0.3 is 29.6 Å². The molecule has 20 heteroatoms. The Morgan fingerprint density at radius 2 is 0.413 bits per heavy atom. The van der Waals surface area contributed by atoms with Gasteiger partial charge in [0, 0.05) is 0 Å². The monoisotopic (exact) mass is 1760 g/mol. The van der Waals surface area contributed by atoms with Crippen molar-refractivity contribution in [2.75, 3.05) is 46.2 Å². The summed E-state index contributed by atoms with van der Waals surface area (Å²) in [4.78, 5) is 0. The molecule has 0 bridgehead atoms. The Hall–Kier alpha value is -10.1. The summed E-state index contributed by atoms with van der Waals surface area (Å²) in [6, 6.07) is 98.4. The number of ether oxygens (including phenoxy) is 7. The van der Waals surface area contributed by atoms with E-state index >= 15 is 0 Å². The van der Waals surface area contributed by atoms with Gasteiger partial charge < -0.3 is 94.8 Å². The number of para-hydroxylation sites is 11. The predicted molar refractivity (Wildman–Crippen MR) is 522 cm³/mol. The molecular weight excluding hydrogens is 1600 g/mol. The Morgan fingerprint density at radius 1 is 0.286 bits per heavy atom. The molecule has 3 heterocycles. The van der Waals surface area contributed by atoms with Crippen LogP contribution in [0.4, 0.5) is 0 Å². The summed E-state index contributed by atoms with van der Waals surface area (Å²) in [6.45, 7) is 49.7. The zero-order valence-electron chi connectivity index (χ0n) is 80.6. The molecule has 7 atom stereocenters. The van der Waals surface area contributed by atoms with Crippen molar-refractivity contribution in [2.24, 2.45) is 0 Å². The SMILES string of the molecule is CC.CC.CC.CC.CC.CC(CO)Oc1ccccc1.CC(CO)Oc1ccccc1.CC(O)COc1ccccc1.CC(O)COc1ccccc1.CC1CO1.CC1CO1.CC1CO1.CCC.CCC.CCC.Oc1ccccc1.Oc1ccccc1.Oc1ccccc1.Oc1ccccc1.Oc1ccccc1.Oc1ccccc1.[Na+].[O-]c1ccccc1.[OH-]. The van der Waals surface area contributed by atoms with Crippen LogP contribution in [0.15, 0.2) is 334 Å². The number of hydrogen-bond donors (Lipinski definition) is 10. The predicted octanol–water partition coefficient (Wildman–Crippen LogP) is 22.3. The van der Waals surface area contributed by atoms with E-state index in [1.54, 1.807) is 172 Å². The van der Waals surface area contributed by atoms with Gasteiger partial charge in [-0.05, 0) is 170 Å². The van der Waals surface area contributed by atoms with Gasteiger partial charge in [-0.3, -0.25) is 0 Å². The number of aliphatic hydroxyl groups excluding tert-OH is 4. The minimum Gasteiger partial charge on any atom is -0.872 e. The van der Waals surface area contributed by atoms with Gasteiger partial charge in [0.1, 0.15) is 82.9 Å². The first-order valence-corrected chi connectivity index (χ1v) is 43.3. The summed E-state index contributed by atoms with van der Waals surface area (Å²) in [5, 5.41) is 97.2. The molecule has 11 aromatic rings. The van der Waals surface area contributed by atoms with Crippen LogP contribution in [0, 0.1) is 0 Å². The number of phenols is 6. The van der Waals surface area contributed by atoms with Crippen LogP contribution in [0.3, 0.4) is 0 Å². The maximum Gasteiger partial charge on any atom is 1.00 e. The molecule has 0 radical (unpaired) electrons. The first-order chi connectivity index (χ1) is 59.9. The minimum absolute atomic E-state index is 0. The number of rotatable bonds is 12.